The lowest BCUT2D eigenvalue weighted by atomic mass is 10.1. The number of benzene rings is 2. The van der Waals surface area contributed by atoms with E-state index in [4.69, 9.17) is 0 Å². The molecule has 6 nitrogen and oxygen atoms in total. The van der Waals surface area contributed by atoms with Crippen molar-refractivity contribution in [3.05, 3.63) is 82.2 Å². The first kappa shape index (κ1) is 21.3. The molecule has 0 saturated heterocycles. The number of aromatic nitrogens is 2. The third-order valence-corrected chi connectivity index (χ3v) is 5.05. The zero-order valence-electron chi connectivity index (χ0n) is 18.3. The van der Waals surface area contributed by atoms with Gasteiger partial charge in [-0.3, -0.25) is 14.8 Å². The van der Waals surface area contributed by atoms with Crippen molar-refractivity contribution in [2.75, 3.05) is 5.32 Å². The number of nitrogens with zero attached hydrogens (tertiary/aromatic N) is 3. The lowest BCUT2D eigenvalue weighted by Gasteiger charge is -2.13. The topological polar surface area (TPSA) is 71.3 Å². The van der Waals surface area contributed by atoms with E-state index in [1.54, 1.807) is 6.07 Å². The smallest absolute Gasteiger partial charge is 0.257 e. The van der Waals surface area contributed by atoms with E-state index in [0.717, 1.165) is 34.7 Å². The highest BCUT2D eigenvalue weighted by atomic mass is 16.1. The van der Waals surface area contributed by atoms with Crippen molar-refractivity contribution >= 4 is 17.6 Å². The molecular weight excluding hydrogens is 374 g/mol. The minimum absolute atomic E-state index is 0.199. The summed E-state index contributed by atoms with van der Waals surface area (Å²) in [7, 11) is 0. The van der Waals surface area contributed by atoms with Crippen LogP contribution in [0.2, 0.25) is 0 Å². The second-order valence-electron chi connectivity index (χ2n) is 7.44. The monoisotopic (exact) mass is 403 g/mol. The van der Waals surface area contributed by atoms with Gasteiger partial charge in [-0.1, -0.05) is 35.4 Å². The van der Waals surface area contributed by atoms with Crippen LogP contribution in [-0.2, 0) is 13.1 Å². The van der Waals surface area contributed by atoms with E-state index in [0.29, 0.717) is 18.1 Å². The number of aryl methyl sites for hydroxylation is 4. The molecule has 0 aliphatic heterocycles. The van der Waals surface area contributed by atoms with Crippen LogP contribution < -0.4 is 10.6 Å². The molecule has 0 aliphatic rings. The van der Waals surface area contributed by atoms with Crippen LogP contribution in [0.25, 0.3) is 0 Å². The molecule has 0 unspecified atom stereocenters. The Hall–Kier alpha value is -3.41. The maximum atomic E-state index is 12.8. The average Bonchev–Trinajstić information content (AvgIpc) is 3.00. The van der Waals surface area contributed by atoms with Crippen LogP contribution >= 0.6 is 0 Å². The molecule has 0 spiro atoms. The van der Waals surface area contributed by atoms with Crippen molar-refractivity contribution in [3.63, 3.8) is 0 Å². The summed E-state index contributed by atoms with van der Waals surface area (Å²) in [6.45, 7) is 11.4. The van der Waals surface area contributed by atoms with Crippen LogP contribution in [0.4, 0.5) is 5.69 Å². The van der Waals surface area contributed by atoms with E-state index in [2.05, 4.69) is 27.6 Å². The minimum atomic E-state index is -0.199. The predicted octanol–water partition coefficient (Wildman–Crippen LogP) is 4.53. The van der Waals surface area contributed by atoms with E-state index in [1.807, 2.05) is 74.8 Å². The molecule has 1 amide bonds. The van der Waals surface area contributed by atoms with Crippen molar-refractivity contribution in [2.45, 2.75) is 47.7 Å². The van der Waals surface area contributed by atoms with E-state index >= 15 is 0 Å². The standard InChI is InChI=1S/C24H29N5O/c1-6-29-19(5)22(18(4)28-29)15-25-24(26-21-12-10-16(2)11-13-21)27-23(30)20-9-7-8-17(3)14-20/h7-14H,6,15H2,1-5H3,(H2,25,26,27,30). The van der Waals surface area contributed by atoms with Gasteiger partial charge in [0.2, 0.25) is 5.96 Å². The lowest BCUT2D eigenvalue weighted by Crippen LogP contribution is -2.36. The van der Waals surface area contributed by atoms with Crippen molar-refractivity contribution in [1.29, 1.82) is 0 Å². The highest BCUT2D eigenvalue weighted by Crippen LogP contribution is 2.15. The molecule has 156 valence electrons. The summed E-state index contributed by atoms with van der Waals surface area (Å²) in [5.41, 5.74) is 6.79. The molecule has 2 N–H and O–H groups in total. The maximum absolute atomic E-state index is 12.8. The summed E-state index contributed by atoms with van der Waals surface area (Å²) < 4.78 is 1.97. The quantitative estimate of drug-likeness (QED) is 0.485. The number of carbonyl (C=O) groups excluding carboxylic acids is 1. The van der Waals surface area contributed by atoms with Crippen molar-refractivity contribution in [2.24, 2.45) is 4.99 Å². The Morgan fingerprint density at radius 2 is 1.77 bits per heavy atom. The molecule has 3 aromatic rings. The number of rotatable bonds is 5. The Balaban J connectivity index is 1.86. The molecule has 30 heavy (non-hydrogen) atoms. The molecule has 6 heteroatoms. The van der Waals surface area contributed by atoms with Gasteiger partial charge in [0.1, 0.15) is 0 Å². The largest absolute Gasteiger partial charge is 0.326 e. The molecule has 2 aromatic carbocycles. The van der Waals surface area contributed by atoms with E-state index in [1.165, 1.54) is 5.56 Å². The fourth-order valence-electron chi connectivity index (χ4n) is 3.28. The predicted molar refractivity (Wildman–Crippen MR) is 122 cm³/mol. The molecule has 0 radical (unpaired) electrons. The van der Waals surface area contributed by atoms with Crippen LogP contribution in [0.15, 0.2) is 53.5 Å². The van der Waals surface area contributed by atoms with E-state index in [-0.39, 0.29) is 5.91 Å². The Morgan fingerprint density at radius 1 is 1.03 bits per heavy atom. The molecule has 0 atom stereocenters. The van der Waals surface area contributed by atoms with Gasteiger partial charge in [-0.15, -0.1) is 0 Å². The fraction of sp³-hybridized carbons (Fsp3) is 0.292. The van der Waals surface area contributed by atoms with Gasteiger partial charge >= 0.3 is 0 Å². The van der Waals surface area contributed by atoms with Crippen molar-refractivity contribution in [3.8, 4) is 0 Å². The van der Waals surface area contributed by atoms with Gasteiger partial charge in [0.25, 0.3) is 5.91 Å². The summed E-state index contributed by atoms with van der Waals surface area (Å²) in [5.74, 6) is 0.211. The first-order chi connectivity index (χ1) is 14.4. The number of amides is 1. The van der Waals surface area contributed by atoms with Gasteiger partial charge < -0.3 is 5.32 Å². The van der Waals surface area contributed by atoms with E-state index < -0.39 is 0 Å². The molecular formula is C24H29N5O. The lowest BCUT2D eigenvalue weighted by molar-refractivity contribution is 0.0977. The van der Waals surface area contributed by atoms with Gasteiger partial charge in [0.05, 0.1) is 12.2 Å². The zero-order chi connectivity index (χ0) is 21.7. The number of nitrogens with one attached hydrogen (secondary N) is 2. The van der Waals surface area contributed by atoms with E-state index in [9.17, 15) is 4.79 Å². The summed E-state index contributed by atoms with van der Waals surface area (Å²) in [5, 5.41) is 10.7. The van der Waals surface area contributed by atoms with Gasteiger partial charge in [0.15, 0.2) is 0 Å². The number of carbonyl (C=O) groups is 1. The molecule has 1 aromatic heterocycles. The Kier molecular flexibility index (Phi) is 6.67. The first-order valence-corrected chi connectivity index (χ1v) is 10.2. The second kappa shape index (κ2) is 9.39. The van der Waals surface area contributed by atoms with Crippen LogP contribution in [0, 0.1) is 27.7 Å². The molecule has 1 heterocycles. The third-order valence-electron chi connectivity index (χ3n) is 5.05. The number of aliphatic imine (C=N–C) groups is 1. The fourth-order valence-corrected chi connectivity index (χ4v) is 3.28. The van der Waals surface area contributed by atoms with Crippen molar-refractivity contribution in [1.82, 2.24) is 15.1 Å². The summed E-state index contributed by atoms with van der Waals surface area (Å²) >= 11 is 0. The van der Waals surface area contributed by atoms with Crippen LogP contribution in [0.3, 0.4) is 0 Å². The van der Waals surface area contributed by atoms with Gasteiger partial charge in [-0.05, 0) is 58.9 Å². The van der Waals surface area contributed by atoms with Crippen LogP contribution in [-0.4, -0.2) is 21.6 Å². The number of guanidine groups is 1. The molecule has 0 aliphatic carbocycles. The number of hydrogen-bond acceptors (Lipinski definition) is 3. The summed E-state index contributed by atoms with van der Waals surface area (Å²) in [6.07, 6.45) is 0. The van der Waals surface area contributed by atoms with Crippen molar-refractivity contribution < 1.29 is 4.79 Å². The first-order valence-electron chi connectivity index (χ1n) is 10.2. The Labute approximate surface area is 178 Å². The normalized spacial score (nSPS) is 11.4. The summed E-state index contributed by atoms with van der Waals surface area (Å²) in [6, 6.07) is 15.5. The minimum Gasteiger partial charge on any atom is -0.326 e. The van der Waals surface area contributed by atoms with Crippen LogP contribution in [0.5, 0.6) is 0 Å². The maximum Gasteiger partial charge on any atom is 0.257 e. The van der Waals surface area contributed by atoms with Gasteiger partial charge in [0, 0.05) is 29.1 Å². The van der Waals surface area contributed by atoms with Crippen LogP contribution in [0.1, 0.15) is 45.4 Å². The second-order valence-corrected chi connectivity index (χ2v) is 7.44. The van der Waals surface area contributed by atoms with Gasteiger partial charge in [-0.25, -0.2) is 4.99 Å². The third kappa shape index (κ3) is 5.14. The number of hydrogen-bond donors (Lipinski definition) is 2. The highest BCUT2D eigenvalue weighted by molar-refractivity contribution is 6.10. The van der Waals surface area contributed by atoms with Gasteiger partial charge in [-0.2, -0.15) is 5.10 Å². The SMILES string of the molecule is CCn1nc(C)c(CN=C(NC(=O)c2cccc(C)c2)Nc2ccc(C)cc2)c1C. The molecule has 3 rings (SSSR count). The molecule has 0 bridgehead atoms. The molecule has 0 fully saturated rings. The summed E-state index contributed by atoms with van der Waals surface area (Å²) in [4.78, 5) is 17.5. The highest BCUT2D eigenvalue weighted by Gasteiger charge is 2.13. The Morgan fingerprint density at radius 3 is 2.40 bits per heavy atom. The Bertz CT molecular complexity index is 1060. The number of anilines is 1. The average molecular weight is 404 g/mol. The molecule has 0 saturated carbocycles. The zero-order valence-corrected chi connectivity index (χ0v) is 18.3.